The molecule has 6 heteroatoms. The Bertz CT molecular complexity index is 340. The van der Waals surface area contributed by atoms with Gasteiger partial charge in [0.15, 0.2) is 0 Å². The van der Waals surface area contributed by atoms with Gasteiger partial charge in [-0.2, -0.15) is 0 Å². The Morgan fingerprint density at radius 1 is 1.16 bits per heavy atom. The number of hydrogen-bond donors (Lipinski definition) is 1. The van der Waals surface area contributed by atoms with Crippen molar-refractivity contribution >= 4 is 11.8 Å². The second-order valence-electron chi connectivity index (χ2n) is 5.14. The number of carbonyl (C=O) groups is 2. The van der Waals surface area contributed by atoms with Crippen LogP contribution >= 0.6 is 0 Å². The molecule has 0 aromatic heterocycles. The lowest BCUT2D eigenvalue weighted by atomic mass is 10.0. The molecular weight excluding hydrogens is 246 g/mol. The summed E-state index contributed by atoms with van der Waals surface area (Å²) in [4.78, 5) is 27.4. The number of piperazine rings is 1. The van der Waals surface area contributed by atoms with Crippen LogP contribution in [0.3, 0.4) is 0 Å². The van der Waals surface area contributed by atoms with Crippen molar-refractivity contribution in [3.8, 4) is 0 Å². The van der Waals surface area contributed by atoms with Crippen molar-refractivity contribution in [3.63, 3.8) is 0 Å². The van der Waals surface area contributed by atoms with Gasteiger partial charge in [0, 0.05) is 39.1 Å². The number of ether oxygens (including phenoxy) is 1. The Hall–Kier alpha value is -1.14. The molecule has 0 aromatic carbocycles. The van der Waals surface area contributed by atoms with Crippen LogP contribution in [0, 0.1) is 5.92 Å². The zero-order chi connectivity index (χ0) is 13.8. The fourth-order valence-electron chi connectivity index (χ4n) is 2.74. The third-order valence-corrected chi connectivity index (χ3v) is 3.90. The molecule has 2 heterocycles. The van der Waals surface area contributed by atoms with Gasteiger partial charge in [0.1, 0.15) is 0 Å². The Kier molecular flexibility index (Phi) is 4.76. The van der Waals surface area contributed by atoms with Gasteiger partial charge in [-0.05, 0) is 6.54 Å². The molecular formula is C13H23N3O3. The van der Waals surface area contributed by atoms with Gasteiger partial charge in [0.2, 0.25) is 11.8 Å². The normalized spacial score (nSPS) is 27.7. The molecule has 1 N–H and O–H groups in total. The highest BCUT2D eigenvalue weighted by Gasteiger charge is 2.37. The van der Waals surface area contributed by atoms with Crippen LogP contribution in [0.25, 0.3) is 0 Å². The number of amides is 2. The number of likely N-dealkylation sites (N-methyl/N-ethyl adjacent to an activating group) is 1. The summed E-state index contributed by atoms with van der Waals surface area (Å²) < 4.78 is 5.42. The Balaban J connectivity index is 1.88. The first-order chi connectivity index (χ1) is 9.13. The van der Waals surface area contributed by atoms with Crippen LogP contribution in [0.4, 0.5) is 0 Å². The topological polar surface area (TPSA) is 61.9 Å². The third kappa shape index (κ3) is 3.25. The molecule has 2 aliphatic heterocycles. The predicted octanol–water partition coefficient (Wildman–Crippen LogP) is -0.698. The molecule has 2 atom stereocenters. The van der Waals surface area contributed by atoms with Gasteiger partial charge in [-0.15, -0.1) is 0 Å². The van der Waals surface area contributed by atoms with Crippen molar-refractivity contribution in [3.05, 3.63) is 0 Å². The third-order valence-electron chi connectivity index (χ3n) is 3.90. The van der Waals surface area contributed by atoms with E-state index in [2.05, 4.69) is 5.32 Å². The summed E-state index contributed by atoms with van der Waals surface area (Å²) in [5, 5.41) is 3.30. The largest absolute Gasteiger partial charge is 0.379 e. The average Bonchev–Trinajstić information content (AvgIpc) is 2.87. The van der Waals surface area contributed by atoms with E-state index in [1.807, 2.05) is 11.8 Å². The lowest BCUT2D eigenvalue weighted by Gasteiger charge is -2.36. The van der Waals surface area contributed by atoms with Crippen molar-refractivity contribution < 1.29 is 14.3 Å². The van der Waals surface area contributed by atoms with E-state index in [0.29, 0.717) is 39.4 Å². The van der Waals surface area contributed by atoms with E-state index < -0.39 is 0 Å². The minimum atomic E-state index is -0.0798. The smallest absolute Gasteiger partial charge is 0.229 e. The van der Waals surface area contributed by atoms with Gasteiger partial charge in [-0.3, -0.25) is 9.59 Å². The van der Waals surface area contributed by atoms with E-state index in [-0.39, 0.29) is 23.8 Å². The van der Waals surface area contributed by atoms with Gasteiger partial charge in [-0.25, -0.2) is 0 Å². The predicted molar refractivity (Wildman–Crippen MR) is 70.6 cm³/mol. The summed E-state index contributed by atoms with van der Waals surface area (Å²) in [5.41, 5.74) is 0. The van der Waals surface area contributed by atoms with E-state index in [9.17, 15) is 9.59 Å². The molecule has 0 saturated carbocycles. The molecule has 6 nitrogen and oxygen atoms in total. The number of nitrogens with zero attached hydrogens (tertiary/aromatic N) is 2. The first-order valence-corrected chi connectivity index (χ1v) is 6.99. The van der Waals surface area contributed by atoms with Crippen LogP contribution in [0.1, 0.15) is 13.8 Å². The molecule has 108 valence electrons. The van der Waals surface area contributed by atoms with Gasteiger partial charge in [0.25, 0.3) is 0 Å². The molecule has 0 aliphatic carbocycles. The highest BCUT2D eigenvalue weighted by atomic mass is 16.5. The number of nitrogens with one attached hydrogen (secondary N) is 1. The van der Waals surface area contributed by atoms with Crippen LogP contribution in [0.2, 0.25) is 0 Å². The van der Waals surface area contributed by atoms with Gasteiger partial charge >= 0.3 is 0 Å². The molecule has 2 fully saturated rings. The van der Waals surface area contributed by atoms with Crippen molar-refractivity contribution in [2.75, 3.05) is 45.9 Å². The summed E-state index contributed by atoms with van der Waals surface area (Å²) in [6.45, 7) is 8.11. The lowest BCUT2D eigenvalue weighted by molar-refractivity contribution is -0.141. The monoisotopic (exact) mass is 269 g/mol. The Morgan fingerprint density at radius 3 is 2.37 bits per heavy atom. The fourth-order valence-corrected chi connectivity index (χ4v) is 2.74. The van der Waals surface area contributed by atoms with Gasteiger partial charge in [-0.1, -0.05) is 6.92 Å². The summed E-state index contributed by atoms with van der Waals surface area (Å²) in [7, 11) is 0. The van der Waals surface area contributed by atoms with Crippen LogP contribution < -0.4 is 5.32 Å². The molecule has 2 unspecified atom stereocenters. The standard InChI is InChI=1S/C13H23N3O3/c1-3-14-12-9-19-8-11(12)13(18)16-6-4-15(5-7-16)10(2)17/h11-12,14H,3-9H2,1-2H3. The maximum absolute atomic E-state index is 12.5. The van der Waals surface area contributed by atoms with Crippen molar-refractivity contribution in [2.24, 2.45) is 5.92 Å². The van der Waals surface area contributed by atoms with Crippen molar-refractivity contribution in [1.82, 2.24) is 15.1 Å². The zero-order valence-electron chi connectivity index (χ0n) is 11.7. The second-order valence-corrected chi connectivity index (χ2v) is 5.14. The van der Waals surface area contributed by atoms with Crippen LogP contribution in [-0.2, 0) is 14.3 Å². The van der Waals surface area contributed by atoms with Crippen molar-refractivity contribution in [2.45, 2.75) is 19.9 Å². The van der Waals surface area contributed by atoms with E-state index in [4.69, 9.17) is 4.74 Å². The lowest BCUT2D eigenvalue weighted by Crippen LogP contribution is -2.53. The average molecular weight is 269 g/mol. The summed E-state index contributed by atoms with van der Waals surface area (Å²) >= 11 is 0. The molecule has 2 rings (SSSR count). The minimum Gasteiger partial charge on any atom is -0.379 e. The first-order valence-electron chi connectivity index (χ1n) is 6.99. The molecule has 0 bridgehead atoms. The maximum atomic E-state index is 12.5. The summed E-state index contributed by atoms with van der Waals surface area (Å²) in [6.07, 6.45) is 0. The van der Waals surface area contributed by atoms with E-state index in [0.717, 1.165) is 6.54 Å². The Morgan fingerprint density at radius 2 is 1.79 bits per heavy atom. The molecule has 0 spiro atoms. The molecule has 0 aromatic rings. The number of carbonyl (C=O) groups excluding carboxylic acids is 2. The molecule has 0 radical (unpaired) electrons. The highest BCUT2D eigenvalue weighted by Crippen LogP contribution is 2.18. The highest BCUT2D eigenvalue weighted by molar-refractivity contribution is 5.80. The molecule has 2 aliphatic rings. The fraction of sp³-hybridized carbons (Fsp3) is 0.846. The summed E-state index contributed by atoms with van der Waals surface area (Å²) in [6, 6.07) is 0.128. The first kappa shape index (κ1) is 14.3. The zero-order valence-corrected chi connectivity index (χ0v) is 11.7. The quantitative estimate of drug-likeness (QED) is 0.736. The van der Waals surface area contributed by atoms with Crippen LogP contribution in [0.5, 0.6) is 0 Å². The molecule has 2 saturated heterocycles. The van der Waals surface area contributed by atoms with Gasteiger partial charge < -0.3 is 19.9 Å². The van der Waals surface area contributed by atoms with Crippen molar-refractivity contribution in [1.29, 1.82) is 0 Å². The molecule has 2 amide bonds. The van der Waals surface area contributed by atoms with Gasteiger partial charge in [0.05, 0.1) is 19.1 Å². The number of rotatable bonds is 3. The maximum Gasteiger partial charge on any atom is 0.229 e. The van der Waals surface area contributed by atoms with E-state index in [1.165, 1.54) is 0 Å². The van der Waals surface area contributed by atoms with E-state index in [1.54, 1.807) is 11.8 Å². The second kappa shape index (κ2) is 6.34. The summed E-state index contributed by atoms with van der Waals surface area (Å²) in [5.74, 6) is 0.164. The minimum absolute atomic E-state index is 0.0798. The van der Waals surface area contributed by atoms with E-state index >= 15 is 0 Å². The van der Waals surface area contributed by atoms with Crippen LogP contribution in [-0.4, -0.2) is 73.6 Å². The molecule has 19 heavy (non-hydrogen) atoms. The number of hydrogen-bond acceptors (Lipinski definition) is 4. The Labute approximate surface area is 114 Å². The van der Waals surface area contributed by atoms with Crippen LogP contribution in [0.15, 0.2) is 0 Å². The SMILES string of the molecule is CCNC1COCC1C(=O)N1CCN(C(C)=O)CC1.